The van der Waals surface area contributed by atoms with Crippen LogP contribution in [0.5, 0.6) is 0 Å². The van der Waals surface area contributed by atoms with Crippen LogP contribution in [0.15, 0.2) is 24.3 Å². The fraction of sp³-hybridized carbons (Fsp3) is 0.920. The van der Waals surface area contributed by atoms with Crippen LogP contribution in [-0.4, -0.2) is 47.4 Å². The summed E-state index contributed by atoms with van der Waals surface area (Å²) < 4.78 is 5.51. The summed E-state index contributed by atoms with van der Waals surface area (Å²) in [5, 5.41) is 23.3. The van der Waals surface area contributed by atoms with Gasteiger partial charge < -0.3 is 20.3 Å². The molecule has 2 atom stereocenters. The number of amides is 1. The van der Waals surface area contributed by atoms with Crippen LogP contribution in [-0.2, 0) is 14.3 Å². The Morgan fingerprint density at radius 3 is 0.877 bits per heavy atom. The third-order valence-electron chi connectivity index (χ3n) is 17.5. The quantitative estimate of drug-likeness (QED) is 0.0320. The number of allylic oxidation sites excluding steroid dienone is 3. The number of rotatable bonds is 70. The first-order valence-electron chi connectivity index (χ1n) is 37.1. The average Bonchev–Trinajstić information content (AvgIpc) is 3.47. The molecular formula is C75H145NO5. The number of carbonyl (C=O) groups is 2. The van der Waals surface area contributed by atoms with E-state index in [9.17, 15) is 19.8 Å². The second-order valence-corrected chi connectivity index (χ2v) is 25.6. The van der Waals surface area contributed by atoms with Crippen LogP contribution in [0.2, 0.25) is 0 Å². The van der Waals surface area contributed by atoms with Crippen molar-refractivity contribution in [2.75, 3.05) is 13.2 Å². The molecule has 0 heterocycles. The summed E-state index contributed by atoms with van der Waals surface area (Å²) in [6, 6.07) is -0.627. The zero-order valence-electron chi connectivity index (χ0n) is 55.0. The third kappa shape index (κ3) is 67.3. The highest BCUT2D eigenvalue weighted by molar-refractivity contribution is 5.76. The van der Waals surface area contributed by atoms with Crippen molar-refractivity contribution in [1.29, 1.82) is 0 Å². The van der Waals surface area contributed by atoms with Gasteiger partial charge in [-0.3, -0.25) is 9.59 Å². The third-order valence-corrected chi connectivity index (χ3v) is 17.5. The van der Waals surface area contributed by atoms with Crippen LogP contribution < -0.4 is 5.32 Å². The number of hydrogen-bond acceptors (Lipinski definition) is 5. The maximum Gasteiger partial charge on any atom is 0.305 e. The van der Waals surface area contributed by atoms with Crippen molar-refractivity contribution in [2.24, 2.45) is 0 Å². The summed E-state index contributed by atoms with van der Waals surface area (Å²) >= 11 is 0. The minimum atomic E-state index is -0.844. The van der Waals surface area contributed by atoms with Crippen LogP contribution in [0, 0.1) is 0 Å². The number of aliphatic hydroxyl groups is 2. The van der Waals surface area contributed by atoms with Gasteiger partial charge in [-0.1, -0.05) is 372 Å². The first kappa shape index (κ1) is 79.3. The molecule has 1 amide bonds. The van der Waals surface area contributed by atoms with Gasteiger partial charge >= 0.3 is 5.97 Å². The molecular weight excluding hydrogens is 995 g/mol. The largest absolute Gasteiger partial charge is 0.466 e. The van der Waals surface area contributed by atoms with E-state index in [1.165, 1.54) is 347 Å². The molecule has 480 valence electrons. The van der Waals surface area contributed by atoms with Crippen molar-refractivity contribution < 1.29 is 24.5 Å². The van der Waals surface area contributed by atoms with Gasteiger partial charge in [0.05, 0.1) is 25.4 Å². The Hall–Kier alpha value is -1.66. The van der Waals surface area contributed by atoms with E-state index in [1.807, 2.05) is 6.08 Å². The van der Waals surface area contributed by atoms with Crippen LogP contribution in [0.1, 0.15) is 418 Å². The number of hydrogen-bond donors (Lipinski definition) is 3. The molecule has 2 unspecified atom stereocenters. The van der Waals surface area contributed by atoms with E-state index < -0.39 is 12.1 Å². The molecule has 0 aromatic carbocycles. The molecule has 6 heteroatoms. The molecule has 0 saturated heterocycles. The minimum Gasteiger partial charge on any atom is -0.466 e. The molecule has 0 aliphatic heterocycles. The zero-order chi connectivity index (χ0) is 58.5. The Balaban J connectivity index is 3.37. The molecule has 81 heavy (non-hydrogen) atoms. The van der Waals surface area contributed by atoms with Gasteiger partial charge in [-0.15, -0.1) is 0 Å². The Labute approximate surface area is 507 Å². The number of aliphatic hydroxyl groups excluding tert-OH is 2. The van der Waals surface area contributed by atoms with E-state index >= 15 is 0 Å². The lowest BCUT2D eigenvalue weighted by atomic mass is 10.0. The number of carbonyl (C=O) groups excluding carboxylic acids is 2. The average molecular weight is 1140 g/mol. The molecule has 0 saturated carbocycles. The maximum absolute atomic E-state index is 12.5. The van der Waals surface area contributed by atoms with E-state index in [4.69, 9.17) is 4.74 Å². The molecule has 0 aliphatic rings. The van der Waals surface area contributed by atoms with Gasteiger partial charge in [0.2, 0.25) is 5.91 Å². The topological polar surface area (TPSA) is 95.9 Å². The van der Waals surface area contributed by atoms with Crippen LogP contribution >= 0.6 is 0 Å². The van der Waals surface area contributed by atoms with E-state index in [-0.39, 0.29) is 18.5 Å². The highest BCUT2D eigenvalue weighted by Gasteiger charge is 2.18. The summed E-state index contributed by atoms with van der Waals surface area (Å²) in [6.07, 6.45) is 89.8. The molecule has 0 rings (SSSR count). The van der Waals surface area contributed by atoms with Gasteiger partial charge in [0.15, 0.2) is 0 Å². The highest BCUT2D eigenvalue weighted by Crippen LogP contribution is 2.19. The molecule has 0 bridgehead atoms. The second-order valence-electron chi connectivity index (χ2n) is 25.6. The van der Waals surface area contributed by atoms with E-state index in [2.05, 4.69) is 31.3 Å². The first-order valence-corrected chi connectivity index (χ1v) is 37.1. The predicted octanol–water partition coefficient (Wildman–Crippen LogP) is 24.1. The molecule has 3 N–H and O–H groups in total. The van der Waals surface area contributed by atoms with Crippen molar-refractivity contribution in [2.45, 2.75) is 431 Å². The van der Waals surface area contributed by atoms with Crippen LogP contribution in [0.25, 0.3) is 0 Å². The Bertz CT molecular complexity index is 1270. The van der Waals surface area contributed by atoms with Gasteiger partial charge in [0, 0.05) is 12.8 Å². The molecule has 0 aliphatic carbocycles. The van der Waals surface area contributed by atoms with Crippen LogP contribution in [0.4, 0.5) is 0 Å². The minimum absolute atomic E-state index is 0.0149. The number of nitrogens with one attached hydrogen (secondary N) is 1. The molecule has 0 spiro atoms. The number of ether oxygens (including phenoxy) is 1. The highest BCUT2D eigenvalue weighted by atomic mass is 16.5. The Morgan fingerprint density at radius 2 is 0.580 bits per heavy atom. The lowest BCUT2D eigenvalue weighted by Gasteiger charge is -2.20. The summed E-state index contributed by atoms with van der Waals surface area (Å²) in [5.41, 5.74) is 0. The molecule has 0 aromatic heterocycles. The summed E-state index contributed by atoms with van der Waals surface area (Å²) in [7, 11) is 0. The molecule has 0 fully saturated rings. The fourth-order valence-corrected chi connectivity index (χ4v) is 11.8. The van der Waals surface area contributed by atoms with E-state index in [0.717, 1.165) is 44.9 Å². The van der Waals surface area contributed by atoms with Crippen molar-refractivity contribution in [3.8, 4) is 0 Å². The summed E-state index contributed by atoms with van der Waals surface area (Å²) in [5.74, 6) is -0.0466. The number of unbranched alkanes of at least 4 members (excludes halogenated alkanes) is 57. The Kier molecular flexibility index (Phi) is 69.4. The van der Waals surface area contributed by atoms with Crippen molar-refractivity contribution in [3.05, 3.63) is 24.3 Å². The second kappa shape index (κ2) is 70.8. The molecule has 6 nitrogen and oxygen atoms in total. The van der Waals surface area contributed by atoms with Gasteiger partial charge in [0.25, 0.3) is 0 Å². The monoisotopic (exact) mass is 1140 g/mol. The van der Waals surface area contributed by atoms with Gasteiger partial charge in [-0.2, -0.15) is 0 Å². The Morgan fingerprint density at radius 1 is 0.333 bits per heavy atom. The van der Waals surface area contributed by atoms with E-state index in [0.29, 0.717) is 19.4 Å². The molecule has 0 aromatic rings. The number of esters is 1. The standard InChI is InChI=1S/C75H145NO5/c1-3-5-7-9-11-13-15-17-19-21-23-32-35-39-43-47-51-55-59-63-67-73(78)72(71-77)76-74(79)68-64-60-56-52-48-44-40-36-33-30-28-26-24-25-27-29-31-34-38-42-46-50-54-58-62-66-70-81-75(80)69-65-61-57-53-49-45-41-37-22-20-18-16-14-12-10-8-6-4-2/h20,22,63,67,72-73,77-78H,3-19,21,23-62,64-66,68-71H2,1-2H3,(H,76,79)/b22-20-,67-63+. The normalized spacial score (nSPS) is 12.6. The van der Waals surface area contributed by atoms with Crippen molar-refractivity contribution in [3.63, 3.8) is 0 Å². The zero-order valence-corrected chi connectivity index (χ0v) is 55.0. The van der Waals surface area contributed by atoms with Crippen molar-refractivity contribution >= 4 is 11.9 Å². The smallest absolute Gasteiger partial charge is 0.305 e. The summed E-state index contributed by atoms with van der Waals surface area (Å²) in [6.45, 7) is 4.95. The van der Waals surface area contributed by atoms with Crippen LogP contribution in [0.3, 0.4) is 0 Å². The van der Waals surface area contributed by atoms with E-state index in [1.54, 1.807) is 6.08 Å². The van der Waals surface area contributed by atoms with Crippen molar-refractivity contribution in [1.82, 2.24) is 5.32 Å². The van der Waals surface area contributed by atoms with Gasteiger partial charge in [-0.25, -0.2) is 0 Å². The first-order chi connectivity index (χ1) is 40.0. The summed E-state index contributed by atoms with van der Waals surface area (Å²) in [4.78, 5) is 24.6. The lowest BCUT2D eigenvalue weighted by Crippen LogP contribution is -2.45. The molecule has 0 radical (unpaired) electrons. The predicted molar refractivity (Wildman–Crippen MR) is 356 cm³/mol. The SMILES string of the molecule is CCCCCCCCC/C=C\CCCCCCCCCC(=O)OCCCCCCCCCCCCCCCCCCCCCCCCCCCCC(=O)NC(CO)C(O)/C=C/CCCCCCCCCCCCCCCCCCCC. The van der Waals surface area contributed by atoms with Gasteiger partial charge in [-0.05, 0) is 57.8 Å². The lowest BCUT2D eigenvalue weighted by molar-refractivity contribution is -0.143. The fourth-order valence-electron chi connectivity index (χ4n) is 11.8. The maximum atomic E-state index is 12.5. The van der Waals surface area contributed by atoms with Gasteiger partial charge in [0.1, 0.15) is 0 Å².